The minimum absolute atomic E-state index is 0.0141. The number of amides is 1. The quantitative estimate of drug-likeness (QED) is 0.813. The number of nitrogens with zero attached hydrogens (tertiary/aromatic N) is 1. The second kappa shape index (κ2) is 4.96. The molecule has 2 aliphatic rings. The van der Waals surface area contributed by atoms with Crippen molar-refractivity contribution in [2.45, 2.75) is 11.3 Å². The Balaban J connectivity index is 1.94. The number of thioether (sulfide) groups is 1. The van der Waals surface area contributed by atoms with Gasteiger partial charge in [-0.25, -0.2) is 8.42 Å². The molecule has 0 bridgehead atoms. The van der Waals surface area contributed by atoms with Crippen molar-refractivity contribution in [3.05, 3.63) is 24.3 Å². The minimum atomic E-state index is -3.05. The molecule has 1 aromatic rings. The lowest BCUT2D eigenvalue weighted by Gasteiger charge is -2.36. The van der Waals surface area contributed by atoms with Gasteiger partial charge in [0.15, 0.2) is 9.84 Å². The van der Waals surface area contributed by atoms with E-state index in [9.17, 15) is 13.2 Å². The standard InChI is InChI=1S/C13H15NO4S2/c1-18-10-4-2-9(3-5-10)14-11-7-20(16,17)8-12(11)19-6-13(14)15/h2-5,11-12H,6-8H2,1H3/t11-,12-/m1/s1. The van der Waals surface area contributed by atoms with Crippen LogP contribution in [0.25, 0.3) is 0 Å². The maximum Gasteiger partial charge on any atom is 0.237 e. The fourth-order valence-corrected chi connectivity index (χ4v) is 6.53. The highest BCUT2D eigenvalue weighted by molar-refractivity contribution is 8.02. The predicted molar refractivity (Wildman–Crippen MR) is 79.2 cm³/mol. The van der Waals surface area contributed by atoms with Crippen LogP contribution >= 0.6 is 11.8 Å². The van der Waals surface area contributed by atoms with Crippen LogP contribution < -0.4 is 9.64 Å². The third kappa shape index (κ3) is 2.40. The van der Waals surface area contributed by atoms with Crippen molar-refractivity contribution < 1.29 is 17.9 Å². The van der Waals surface area contributed by atoms with Crippen LogP contribution in [0.5, 0.6) is 5.75 Å². The second-order valence-corrected chi connectivity index (χ2v) is 8.34. The molecule has 0 N–H and O–H groups in total. The zero-order chi connectivity index (χ0) is 14.3. The average Bonchev–Trinajstić information content (AvgIpc) is 2.73. The lowest BCUT2D eigenvalue weighted by molar-refractivity contribution is -0.116. The number of rotatable bonds is 2. The van der Waals surface area contributed by atoms with Gasteiger partial charge in [-0.1, -0.05) is 0 Å². The predicted octanol–water partition coefficient (Wildman–Crippen LogP) is 0.941. The van der Waals surface area contributed by atoms with Gasteiger partial charge in [-0.3, -0.25) is 4.79 Å². The molecule has 0 radical (unpaired) electrons. The van der Waals surface area contributed by atoms with E-state index in [1.165, 1.54) is 11.8 Å². The van der Waals surface area contributed by atoms with Crippen LogP contribution in [0.1, 0.15) is 0 Å². The summed E-state index contributed by atoms with van der Waals surface area (Å²) in [5, 5.41) is -0.0141. The van der Waals surface area contributed by atoms with Crippen LogP contribution in [0.3, 0.4) is 0 Å². The summed E-state index contributed by atoms with van der Waals surface area (Å²) >= 11 is 1.46. The Kier molecular flexibility index (Phi) is 3.41. The summed E-state index contributed by atoms with van der Waals surface area (Å²) in [6.07, 6.45) is 0. The summed E-state index contributed by atoms with van der Waals surface area (Å²) in [6, 6.07) is 6.91. The number of ether oxygens (including phenoxy) is 1. The number of carbonyl (C=O) groups excluding carboxylic acids is 1. The molecule has 5 nitrogen and oxygen atoms in total. The van der Waals surface area contributed by atoms with Crippen molar-refractivity contribution in [2.75, 3.05) is 29.3 Å². The Labute approximate surface area is 122 Å². The third-order valence-electron chi connectivity index (χ3n) is 3.64. The molecule has 2 aliphatic heterocycles. The zero-order valence-corrected chi connectivity index (χ0v) is 12.6. The van der Waals surface area contributed by atoms with Crippen molar-refractivity contribution >= 4 is 33.2 Å². The first-order chi connectivity index (χ1) is 9.50. The fourth-order valence-electron chi connectivity index (χ4n) is 2.71. The molecular weight excluding hydrogens is 298 g/mol. The van der Waals surface area contributed by atoms with Gasteiger partial charge in [0.1, 0.15) is 5.75 Å². The minimum Gasteiger partial charge on any atom is -0.497 e. The van der Waals surface area contributed by atoms with Gasteiger partial charge in [0, 0.05) is 10.9 Å². The molecule has 1 amide bonds. The number of hydrogen-bond donors (Lipinski definition) is 0. The molecule has 0 aliphatic carbocycles. The van der Waals surface area contributed by atoms with Gasteiger partial charge in [0.25, 0.3) is 0 Å². The number of anilines is 1. The fraction of sp³-hybridized carbons (Fsp3) is 0.462. The van der Waals surface area contributed by atoms with Gasteiger partial charge in [0.05, 0.1) is 30.4 Å². The first kappa shape index (κ1) is 13.8. The lowest BCUT2D eigenvalue weighted by Crippen LogP contribution is -2.50. The van der Waals surface area contributed by atoms with Crippen LogP contribution in [0.15, 0.2) is 24.3 Å². The molecule has 2 atom stereocenters. The number of methoxy groups -OCH3 is 1. The maximum absolute atomic E-state index is 12.2. The Hall–Kier alpha value is -1.21. The van der Waals surface area contributed by atoms with Crippen LogP contribution in [0.4, 0.5) is 5.69 Å². The summed E-state index contributed by atoms with van der Waals surface area (Å²) in [4.78, 5) is 13.8. The third-order valence-corrected chi connectivity index (χ3v) is 6.89. The maximum atomic E-state index is 12.2. The Morgan fingerprint density at radius 2 is 1.95 bits per heavy atom. The van der Waals surface area contributed by atoms with E-state index in [0.29, 0.717) is 11.5 Å². The first-order valence-electron chi connectivity index (χ1n) is 6.28. The molecule has 108 valence electrons. The highest BCUT2D eigenvalue weighted by Crippen LogP contribution is 2.36. The summed E-state index contributed by atoms with van der Waals surface area (Å²) in [5.41, 5.74) is 0.739. The van der Waals surface area contributed by atoms with Gasteiger partial charge >= 0.3 is 0 Å². The van der Waals surface area contributed by atoms with E-state index in [0.717, 1.165) is 5.69 Å². The molecule has 3 rings (SSSR count). The van der Waals surface area contributed by atoms with Crippen LogP contribution in [0, 0.1) is 0 Å². The Bertz CT molecular complexity index is 626. The van der Waals surface area contributed by atoms with Crippen LogP contribution in [-0.4, -0.2) is 50.0 Å². The summed E-state index contributed by atoms with van der Waals surface area (Å²) in [6.45, 7) is 0. The molecule has 1 aromatic carbocycles. The topological polar surface area (TPSA) is 63.7 Å². The van der Waals surface area contributed by atoms with E-state index in [4.69, 9.17) is 4.74 Å². The zero-order valence-electron chi connectivity index (χ0n) is 11.0. The van der Waals surface area contributed by atoms with Crippen molar-refractivity contribution in [3.8, 4) is 5.75 Å². The highest BCUT2D eigenvalue weighted by Gasteiger charge is 2.46. The number of fused-ring (bicyclic) bond motifs is 1. The van der Waals surface area contributed by atoms with E-state index in [1.807, 2.05) is 0 Å². The monoisotopic (exact) mass is 313 g/mol. The van der Waals surface area contributed by atoms with Gasteiger partial charge < -0.3 is 9.64 Å². The molecule has 0 aromatic heterocycles. The van der Waals surface area contributed by atoms with Gasteiger partial charge in [-0.15, -0.1) is 11.8 Å². The van der Waals surface area contributed by atoms with Crippen LogP contribution in [0.2, 0.25) is 0 Å². The summed E-state index contributed by atoms with van der Waals surface area (Å²) in [7, 11) is -1.46. The molecule has 7 heteroatoms. The van der Waals surface area contributed by atoms with Gasteiger partial charge in [-0.2, -0.15) is 0 Å². The number of sulfone groups is 1. The molecule has 2 saturated heterocycles. The largest absolute Gasteiger partial charge is 0.497 e. The van der Waals surface area contributed by atoms with Crippen molar-refractivity contribution in [3.63, 3.8) is 0 Å². The number of carbonyl (C=O) groups is 1. The molecular formula is C13H15NO4S2. The van der Waals surface area contributed by atoms with Gasteiger partial charge in [-0.05, 0) is 24.3 Å². The lowest BCUT2D eigenvalue weighted by atomic mass is 10.1. The molecule has 2 heterocycles. The number of benzene rings is 1. The normalized spacial score (nSPS) is 28.2. The van der Waals surface area contributed by atoms with Crippen molar-refractivity contribution in [1.82, 2.24) is 0 Å². The molecule has 0 spiro atoms. The van der Waals surface area contributed by atoms with Crippen LogP contribution in [-0.2, 0) is 14.6 Å². The first-order valence-corrected chi connectivity index (χ1v) is 9.15. The highest BCUT2D eigenvalue weighted by atomic mass is 32.2. The van der Waals surface area contributed by atoms with E-state index in [2.05, 4.69) is 0 Å². The SMILES string of the molecule is COc1ccc(N2C(=O)CS[C@@H]3CS(=O)(=O)C[C@H]32)cc1. The van der Waals surface area contributed by atoms with Crippen molar-refractivity contribution in [2.24, 2.45) is 0 Å². The van der Waals surface area contributed by atoms with Gasteiger partial charge in [0.2, 0.25) is 5.91 Å². The number of hydrogen-bond acceptors (Lipinski definition) is 5. The second-order valence-electron chi connectivity index (χ2n) is 4.96. The molecule has 0 unspecified atom stereocenters. The average molecular weight is 313 g/mol. The molecule has 2 fully saturated rings. The van der Waals surface area contributed by atoms with E-state index < -0.39 is 9.84 Å². The summed E-state index contributed by atoms with van der Waals surface area (Å²) < 4.78 is 28.7. The molecule has 20 heavy (non-hydrogen) atoms. The Morgan fingerprint density at radius 3 is 2.60 bits per heavy atom. The van der Waals surface area contributed by atoms with E-state index >= 15 is 0 Å². The van der Waals surface area contributed by atoms with Crippen molar-refractivity contribution in [1.29, 1.82) is 0 Å². The smallest absolute Gasteiger partial charge is 0.237 e. The van der Waals surface area contributed by atoms with E-state index in [-0.39, 0.29) is 28.7 Å². The molecule has 0 saturated carbocycles. The summed E-state index contributed by atoms with van der Waals surface area (Å²) in [5.74, 6) is 1.25. The van der Waals surface area contributed by atoms with E-state index in [1.54, 1.807) is 36.3 Å². The Morgan fingerprint density at radius 1 is 1.25 bits per heavy atom.